The van der Waals surface area contributed by atoms with E-state index in [0.29, 0.717) is 35.2 Å². The van der Waals surface area contributed by atoms with Crippen molar-refractivity contribution in [3.05, 3.63) is 94.0 Å². The molecule has 1 N–H and O–H groups in total. The van der Waals surface area contributed by atoms with Crippen LogP contribution in [0.1, 0.15) is 6.92 Å². The number of para-hydroxylation sites is 2. The minimum absolute atomic E-state index is 0.0369. The van der Waals surface area contributed by atoms with Crippen LogP contribution in [0.3, 0.4) is 0 Å². The van der Waals surface area contributed by atoms with E-state index in [4.69, 9.17) is 21.7 Å². The fourth-order valence-electron chi connectivity index (χ4n) is 3.39. The standard InChI is InChI=1S/C25H22N4O4S/c1-3-33-19-15-13-18(14-16-19)28-23(30)22(27-26-17-9-5-4-6-10-17)24(31)29(25(28)34)20-11-7-8-12-21(20)32-2/h4-16,31H,3H2,1-2H3. The van der Waals surface area contributed by atoms with Gasteiger partial charge in [0.1, 0.15) is 11.5 Å². The minimum Gasteiger partial charge on any atom is -0.495 e. The summed E-state index contributed by atoms with van der Waals surface area (Å²) in [5, 5.41) is 19.4. The van der Waals surface area contributed by atoms with E-state index in [1.54, 1.807) is 72.8 Å². The molecule has 0 aliphatic rings. The van der Waals surface area contributed by atoms with Gasteiger partial charge in [-0.15, -0.1) is 5.11 Å². The summed E-state index contributed by atoms with van der Waals surface area (Å²) in [4.78, 5) is 13.5. The number of aromatic hydroxyl groups is 1. The largest absolute Gasteiger partial charge is 0.495 e. The van der Waals surface area contributed by atoms with Gasteiger partial charge in [0, 0.05) is 0 Å². The predicted octanol–water partition coefficient (Wildman–Crippen LogP) is 5.89. The first kappa shape index (κ1) is 22.9. The average molecular weight is 475 g/mol. The van der Waals surface area contributed by atoms with Gasteiger partial charge in [-0.2, -0.15) is 5.11 Å². The second-order valence-corrected chi connectivity index (χ2v) is 7.43. The molecule has 4 rings (SSSR count). The Labute approximate surface area is 201 Å². The Kier molecular flexibility index (Phi) is 6.84. The lowest BCUT2D eigenvalue weighted by Crippen LogP contribution is -2.23. The third-order valence-corrected chi connectivity index (χ3v) is 5.33. The van der Waals surface area contributed by atoms with Crippen LogP contribution in [0.25, 0.3) is 11.4 Å². The molecule has 0 radical (unpaired) electrons. The van der Waals surface area contributed by atoms with Crippen molar-refractivity contribution in [2.75, 3.05) is 13.7 Å². The SMILES string of the molecule is CCOc1ccc(-n2c(=O)c(N=Nc3ccccc3)c(O)n(-c3ccccc3OC)c2=S)cc1. The normalized spacial score (nSPS) is 11.0. The summed E-state index contributed by atoms with van der Waals surface area (Å²) >= 11 is 5.67. The van der Waals surface area contributed by atoms with Crippen molar-refractivity contribution in [1.82, 2.24) is 9.13 Å². The van der Waals surface area contributed by atoms with Gasteiger partial charge in [0.15, 0.2) is 4.77 Å². The number of azo groups is 1. The monoisotopic (exact) mass is 474 g/mol. The first-order valence-corrected chi connectivity index (χ1v) is 10.9. The number of rotatable bonds is 7. The van der Waals surface area contributed by atoms with Crippen molar-refractivity contribution < 1.29 is 14.6 Å². The van der Waals surface area contributed by atoms with E-state index in [0.717, 1.165) is 0 Å². The minimum atomic E-state index is -0.613. The fourth-order valence-corrected chi connectivity index (χ4v) is 3.77. The Bertz CT molecular complexity index is 1440. The van der Waals surface area contributed by atoms with Crippen molar-refractivity contribution >= 4 is 23.6 Å². The van der Waals surface area contributed by atoms with Gasteiger partial charge in [-0.3, -0.25) is 13.9 Å². The van der Waals surface area contributed by atoms with Crippen LogP contribution in [0.5, 0.6) is 17.4 Å². The average Bonchev–Trinajstić information content (AvgIpc) is 2.86. The number of nitrogens with zero attached hydrogens (tertiary/aromatic N) is 4. The molecule has 0 saturated carbocycles. The van der Waals surface area contributed by atoms with Gasteiger partial charge in [0.05, 0.1) is 30.8 Å². The van der Waals surface area contributed by atoms with Crippen molar-refractivity contribution in [2.24, 2.45) is 10.2 Å². The summed E-state index contributed by atoms with van der Waals surface area (Å²) in [6.07, 6.45) is 0. The molecule has 0 amide bonds. The lowest BCUT2D eigenvalue weighted by molar-refractivity contribution is 0.340. The molecule has 34 heavy (non-hydrogen) atoms. The van der Waals surface area contributed by atoms with Crippen molar-refractivity contribution in [1.29, 1.82) is 0 Å². The molecule has 0 saturated heterocycles. The van der Waals surface area contributed by atoms with Crippen LogP contribution in [-0.2, 0) is 0 Å². The molecule has 4 aromatic rings. The molecule has 0 aliphatic heterocycles. The molecule has 1 heterocycles. The first-order chi connectivity index (χ1) is 16.5. The molecular weight excluding hydrogens is 452 g/mol. The summed E-state index contributed by atoms with van der Waals surface area (Å²) in [5.74, 6) is 0.670. The summed E-state index contributed by atoms with van der Waals surface area (Å²) in [6.45, 7) is 2.41. The van der Waals surface area contributed by atoms with Crippen LogP contribution in [0.4, 0.5) is 11.4 Å². The van der Waals surface area contributed by atoms with E-state index < -0.39 is 11.4 Å². The summed E-state index contributed by atoms with van der Waals surface area (Å²) in [7, 11) is 1.51. The Morgan fingerprint density at radius 1 is 0.912 bits per heavy atom. The molecule has 0 unspecified atom stereocenters. The van der Waals surface area contributed by atoms with Gasteiger partial charge in [-0.1, -0.05) is 30.3 Å². The third-order valence-electron chi connectivity index (χ3n) is 4.97. The van der Waals surface area contributed by atoms with Gasteiger partial charge in [-0.25, -0.2) is 0 Å². The molecule has 8 nitrogen and oxygen atoms in total. The van der Waals surface area contributed by atoms with E-state index in [1.165, 1.54) is 16.2 Å². The lowest BCUT2D eigenvalue weighted by atomic mass is 10.2. The molecule has 0 fully saturated rings. The summed E-state index contributed by atoms with van der Waals surface area (Å²) in [5.41, 5.74) is 0.580. The second kappa shape index (κ2) is 10.1. The number of aromatic nitrogens is 2. The zero-order chi connectivity index (χ0) is 24.1. The quantitative estimate of drug-likeness (QED) is 0.267. The number of benzene rings is 3. The molecule has 1 aromatic heterocycles. The Hall–Kier alpha value is -4.24. The predicted molar refractivity (Wildman–Crippen MR) is 132 cm³/mol. The van der Waals surface area contributed by atoms with Crippen LogP contribution < -0.4 is 15.0 Å². The molecule has 172 valence electrons. The summed E-state index contributed by atoms with van der Waals surface area (Å²) in [6, 6.07) is 22.8. The van der Waals surface area contributed by atoms with Gasteiger partial charge in [0.25, 0.3) is 5.56 Å². The van der Waals surface area contributed by atoms with Crippen LogP contribution >= 0.6 is 12.2 Å². The lowest BCUT2D eigenvalue weighted by Gasteiger charge is -2.17. The second-order valence-electron chi connectivity index (χ2n) is 7.07. The Morgan fingerprint density at radius 2 is 1.59 bits per heavy atom. The zero-order valence-electron chi connectivity index (χ0n) is 18.6. The molecule has 0 bridgehead atoms. The van der Waals surface area contributed by atoms with E-state index in [2.05, 4.69) is 10.2 Å². The maximum absolute atomic E-state index is 13.5. The topological polar surface area (TPSA) is 90.3 Å². The fraction of sp³-hybridized carbons (Fsp3) is 0.120. The van der Waals surface area contributed by atoms with Crippen LogP contribution in [0, 0.1) is 4.77 Å². The molecular formula is C25H22N4O4S. The van der Waals surface area contributed by atoms with Crippen molar-refractivity contribution in [3.63, 3.8) is 0 Å². The van der Waals surface area contributed by atoms with Crippen molar-refractivity contribution in [3.8, 4) is 28.8 Å². The van der Waals surface area contributed by atoms with E-state index in [9.17, 15) is 9.90 Å². The highest BCUT2D eigenvalue weighted by atomic mass is 32.1. The van der Waals surface area contributed by atoms with E-state index in [1.807, 2.05) is 13.0 Å². The van der Waals surface area contributed by atoms with Gasteiger partial charge >= 0.3 is 0 Å². The number of methoxy groups -OCH3 is 1. The van der Waals surface area contributed by atoms with Gasteiger partial charge in [0.2, 0.25) is 11.6 Å². The summed E-state index contributed by atoms with van der Waals surface area (Å²) < 4.78 is 13.6. The smallest absolute Gasteiger partial charge is 0.290 e. The third kappa shape index (κ3) is 4.46. The molecule has 0 atom stereocenters. The van der Waals surface area contributed by atoms with Crippen LogP contribution in [0.15, 0.2) is 93.9 Å². The molecule has 0 spiro atoms. The Balaban J connectivity index is 2.00. The maximum atomic E-state index is 13.5. The number of hydrogen-bond acceptors (Lipinski definition) is 7. The molecule has 0 aliphatic carbocycles. The maximum Gasteiger partial charge on any atom is 0.290 e. The van der Waals surface area contributed by atoms with Gasteiger partial charge in [-0.05, 0) is 67.7 Å². The van der Waals surface area contributed by atoms with Crippen LogP contribution in [-0.4, -0.2) is 28.0 Å². The Morgan fingerprint density at radius 3 is 2.26 bits per heavy atom. The highest BCUT2D eigenvalue weighted by molar-refractivity contribution is 7.71. The van der Waals surface area contributed by atoms with E-state index in [-0.39, 0.29) is 10.5 Å². The number of hydrogen-bond donors (Lipinski definition) is 1. The van der Waals surface area contributed by atoms with E-state index >= 15 is 0 Å². The van der Waals surface area contributed by atoms with Crippen molar-refractivity contribution in [2.45, 2.75) is 6.92 Å². The highest BCUT2D eigenvalue weighted by Gasteiger charge is 2.21. The van der Waals surface area contributed by atoms with Crippen LogP contribution in [0.2, 0.25) is 0 Å². The highest BCUT2D eigenvalue weighted by Crippen LogP contribution is 2.32. The first-order valence-electron chi connectivity index (χ1n) is 10.5. The molecule has 9 heteroatoms. The number of ether oxygens (including phenoxy) is 2. The van der Waals surface area contributed by atoms with Gasteiger partial charge < -0.3 is 14.6 Å². The zero-order valence-corrected chi connectivity index (χ0v) is 19.4. The molecule has 3 aromatic carbocycles.